The zero-order valence-electron chi connectivity index (χ0n) is 85.8. The summed E-state index contributed by atoms with van der Waals surface area (Å²) in [5.74, 6) is 4.56. The molecule has 15 aromatic rings. The van der Waals surface area contributed by atoms with E-state index in [1.54, 1.807) is 69.9 Å². The topological polar surface area (TPSA) is 371 Å². The fraction of sp³-hybridized carbons (Fsp3) is 0.347. The highest BCUT2D eigenvalue weighted by Gasteiger charge is 2.36. The number of aromatic amines is 5. The molecule has 5 fully saturated rings. The van der Waals surface area contributed by atoms with Crippen molar-refractivity contribution < 1.29 is 69.3 Å². The number of ether oxygens (including phenoxy) is 4. The minimum absolute atomic E-state index is 0.0794. The Morgan fingerprint density at radius 1 is 0.320 bits per heavy atom. The summed E-state index contributed by atoms with van der Waals surface area (Å²) >= 11 is 0. The Morgan fingerprint density at radius 2 is 0.640 bits per heavy atom. The molecule has 0 unspecified atom stereocenters. The summed E-state index contributed by atoms with van der Waals surface area (Å²) in [4.78, 5) is 113. The number of aromatic nitrogens is 5. The molecular formula is C118H135N15O15S2. The van der Waals surface area contributed by atoms with Crippen molar-refractivity contribution in [2.24, 2.45) is 29.6 Å². The summed E-state index contributed by atoms with van der Waals surface area (Å²) in [5, 5.41) is 17.2. The van der Waals surface area contributed by atoms with Crippen molar-refractivity contribution in [3.8, 4) is 23.0 Å². The number of rotatable bonds is 29. The molecule has 0 bridgehead atoms. The number of amides is 7. The molecule has 30 nitrogen and oxygen atoms in total. The molecule has 10 heterocycles. The van der Waals surface area contributed by atoms with Gasteiger partial charge >= 0.3 is 0 Å². The highest BCUT2D eigenvalue weighted by Crippen LogP contribution is 2.34. The highest BCUT2D eigenvalue weighted by molar-refractivity contribution is 7.89. The van der Waals surface area contributed by atoms with Crippen LogP contribution in [0.15, 0.2) is 283 Å². The van der Waals surface area contributed by atoms with Gasteiger partial charge < -0.3 is 79.8 Å². The van der Waals surface area contributed by atoms with Crippen molar-refractivity contribution in [3.05, 3.63) is 324 Å². The second kappa shape index (κ2) is 50.5. The Bertz CT molecular complexity index is 7190. The monoisotopic (exact) mass is 2070 g/mol. The van der Waals surface area contributed by atoms with Gasteiger partial charge in [-0.3, -0.25) is 38.5 Å². The van der Waals surface area contributed by atoms with E-state index in [9.17, 15) is 50.4 Å². The van der Waals surface area contributed by atoms with Crippen LogP contribution >= 0.6 is 0 Å². The van der Waals surface area contributed by atoms with E-state index in [2.05, 4.69) is 88.3 Å². The molecule has 0 radical (unpaired) electrons. The molecule has 9 N–H and O–H groups in total. The molecule has 5 aromatic heterocycles. The average molecular weight is 2070 g/mol. The zero-order valence-corrected chi connectivity index (χ0v) is 87.4. The molecule has 1 aliphatic carbocycles. The van der Waals surface area contributed by atoms with Gasteiger partial charge in [0.25, 0.3) is 29.5 Å². The number of H-pyrrole nitrogens is 5. The van der Waals surface area contributed by atoms with Crippen LogP contribution in [0, 0.1) is 29.6 Å². The van der Waals surface area contributed by atoms with Gasteiger partial charge in [0, 0.05) is 158 Å². The van der Waals surface area contributed by atoms with E-state index in [-0.39, 0.29) is 63.0 Å². The van der Waals surface area contributed by atoms with Gasteiger partial charge in [0.2, 0.25) is 31.9 Å². The van der Waals surface area contributed by atoms with Gasteiger partial charge in [0.1, 0.15) is 51.5 Å². The maximum absolute atomic E-state index is 13.1. The van der Waals surface area contributed by atoms with Crippen molar-refractivity contribution in [2.75, 3.05) is 133 Å². The summed E-state index contributed by atoms with van der Waals surface area (Å²) in [6.45, 7) is 13.0. The molecule has 6 aliphatic rings. The second-order valence-corrected chi connectivity index (χ2v) is 43.5. The van der Waals surface area contributed by atoms with Gasteiger partial charge in [-0.15, -0.1) is 0 Å². The number of carbonyl (C=O) groups excluding carboxylic acids is 7. The number of hydrogen-bond donors (Lipinski definition) is 9. The second-order valence-electron chi connectivity index (χ2n) is 39.6. The minimum atomic E-state index is -3.55. The Kier molecular flexibility index (Phi) is 35.8. The largest absolute Gasteiger partial charge is 0.497 e. The molecule has 784 valence electrons. The summed E-state index contributed by atoms with van der Waals surface area (Å²) in [6, 6.07) is 86.6. The Morgan fingerprint density at radius 3 is 1.01 bits per heavy atom. The molecule has 0 atom stereocenters. The standard InChI is InChI=1S/C26H31N3O.2C24H27N3O3.2C22H25N3O4S/c1-2-28(26(30)25-17-22-9-5-6-10-24(22)27-25)18-19-11-13-29(14-12-19)23-15-20-7-3-4-8-21(20)16-23;1-30-20-7-4-5-18(13-20)14-23(28)27-11-9-17(10-12-27)16-25-24(29)22-15-19-6-2-3-8-21(19)26-22;1-30-20-8-6-17(7-9-20)14-23(28)27-12-10-18(11-13-27)16-25-24(29)22-15-19-4-2-3-5-21(19)26-22;1-29-18-6-4-7-19(14-18)30(27,28)25-11-9-16(10-12-25)15-23-22(26)21-13-17-5-2-3-8-20(17)24-21;1-29-18-6-8-19(9-7-18)30(27,28)25-12-10-16(11-13-25)15-23-22(26)21-14-17-4-2-3-5-20(17)24-21/h3-10,17,19,23,27H,2,11-16,18H2,1H3;2-8,13,15,17,26H,9-12,14,16H2,1H3,(H,25,29);2-9,15,18,26H,10-14,16H2,1H3,(H,25,29);2-8,13-14,16,24H,9-12,15H2,1H3,(H,23,26);2-9,14,16,24H,10-13,15H2,1H3,(H,23,26). The van der Waals surface area contributed by atoms with Crippen LogP contribution < -0.4 is 40.2 Å². The van der Waals surface area contributed by atoms with Gasteiger partial charge in [-0.25, -0.2) is 16.8 Å². The molecular weight excluding hydrogens is 1930 g/mol. The fourth-order valence-electron chi connectivity index (χ4n) is 20.8. The van der Waals surface area contributed by atoms with Crippen LogP contribution in [0.3, 0.4) is 0 Å². The summed E-state index contributed by atoms with van der Waals surface area (Å²) in [5.41, 5.74) is 12.8. The number of methoxy groups -OCH3 is 4. The third-order valence-electron chi connectivity index (χ3n) is 29.9. The highest BCUT2D eigenvalue weighted by atomic mass is 32.2. The molecule has 21 rings (SSSR count). The summed E-state index contributed by atoms with van der Waals surface area (Å²) in [6.07, 6.45) is 12.0. The van der Waals surface area contributed by atoms with E-state index in [4.69, 9.17) is 18.9 Å². The van der Waals surface area contributed by atoms with E-state index < -0.39 is 20.0 Å². The maximum atomic E-state index is 13.1. The maximum Gasteiger partial charge on any atom is 0.270 e. The van der Waals surface area contributed by atoms with Crippen LogP contribution in [-0.4, -0.2) is 251 Å². The first kappa shape index (κ1) is 106. The number of sulfonamides is 2. The number of carbonyl (C=O) groups is 7. The molecule has 7 amide bonds. The van der Waals surface area contributed by atoms with E-state index in [1.165, 1.54) is 52.5 Å². The van der Waals surface area contributed by atoms with Crippen LogP contribution in [0.1, 0.15) is 146 Å². The predicted molar refractivity (Wildman–Crippen MR) is 585 cm³/mol. The normalized spacial score (nSPS) is 15.8. The fourth-order valence-corrected chi connectivity index (χ4v) is 23.8. The van der Waals surface area contributed by atoms with Gasteiger partial charge in [-0.05, 0) is 270 Å². The first-order valence-electron chi connectivity index (χ1n) is 52.1. The molecule has 5 aliphatic heterocycles. The van der Waals surface area contributed by atoms with Crippen molar-refractivity contribution in [2.45, 2.75) is 113 Å². The number of para-hydroxylation sites is 5. The van der Waals surface area contributed by atoms with E-state index in [0.717, 1.165) is 155 Å². The molecule has 5 saturated heterocycles. The minimum Gasteiger partial charge on any atom is -0.497 e. The zero-order chi connectivity index (χ0) is 105. The first-order chi connectivity index (χ1) is 72.9. The number of fused-ring (bicyclic) bond motifs is 6. The summed E-state index contributed by atoms with van der Waals surface area (Å²) < 4.78 is 75.1. The number of nitrogens with zero attached hydrogens (tertiary/aromatic N) is 6. The van der Waals surface area contributed by atoms with Crippen molar-refractivity contribution in [1.29, 1.82) is 0 Å². The lowest BCUT2D eigenvalue weighted by molar-refractivity contribution is -0.132. The van der Waals surface area contributed by atoms with Crippen molar-refractivity contribution in [3.63, 3.8) is 0 Å². The smallest absolute Gasteiger partial charge is 0.270 e. The van der Waals surface area contributed by atoms with Crippen molar-refractivity contribution in [1.82, 2.24) is 74.4 Å². The lowest BCUT2D eigenvalue weighted by Crippen LogP contribution is -2.45. The molecule has 32 heteroatoms. The predicted octanol–water partition coefficient (Wildman–Crippen LogP) is 17.3. The van der Waals surface area contributed by atoms with Gasteiger partial charge in [-0.2, -0.15) is 8.61 Å². The average Bonchev–Trinajstić information content (AvgIpc) is 1.47. The number of hydrogen-bond acceptors (Lipinski definition) is 16. The number of benzene rings is 10. The van der Waals surface area contributed by atoms with E-state index in [1.807, 2.05) is 209 Å². The van der Waals surface area contributed by atoms with Gasteiger partial charge in [0.05, 0.1) is 51.1 Å². The van der Waals surface area contributed by atoms with Gasteiger partial charge in [-0.1, -0.05) is 146 Å². The molecule has 0 saturated carbocycles. The number of likely N-dealkylation sites (tertiary alicyclic amines) is 3. The Hall–Kier alpha value is -14.8. The van der Waals surface area contributed by atoms with E-state index >= 15 is 0 Å². The quantitative estimate of drug-likeness (QED) is 0.0210. The SMILES string of the molecule is CCN(CC1CCN(C2Cc3ccccc3C2)CC1)C(=O)c1cc2ccccc2[nH]1.COc1ccc(CC(=O)N2CCC(CNC(=O)c3cc4ccccc4[nH]3)CC2)cc1.COc1ccc(S(=O)(=O)N2CCC(CNC(=O)c3cc4ccccc4[nH]3)CC2)cc1.COc1cccc(CC(=O)N2CCC(CNC(=O)c3cc4ccccc4[nH]3)CC2)c1.COc1cccc(S(=O)(=O)N2CCC(CNC(=O)c3cc4ccccc4[nH]3)CC2)c1. The van der Waals surface area contributed by atoms with Gasteiger partial charge in [0.15, 0.2) is 0 Å². The molecule has 10 aromatic carbocycles. The number of nitrogens with one attached hydrogen (secondary N) is 9. The van der Waals surface area contributed by atoms with Crippen LogP contribution in [0.4, 0.5) is 0 Å². The van der Waals surface area contributed by atoms with Crippen LogP contribution in [0.2, 0.25) is 0 Å². The third-order valence-corrected chi connectivity index (χ3v) is 33.7. The third kappa shape index (κ3) is 27.4. The Labute approximate surface area is 876 Å². The van der Waals surface area contributed by atoms with Crippen LogP contribution in [-0.2, 0) is 55.3 Å². The van der Waals surface area contributed by atoms with Crippen LogP contribution in [0.5, 0.6) is 23.0 Å². The molecule has 150 heavy (non-hydrogen) atoms. The van der Waals surface area contributed by atoms with Crippen LogP contribution in [0.25, 0.3) is 54.5 Å². The Balaban J connectivity index is 0.000000128. The first-order valence-corrected chi connectivity index (χ1v) is 55.0. The van der Waals surface area contributed by atoms with Crippen molar-refractivity contribution >= 4 is 116 Å². The summed E-state index contributed by atoms with van der Waals surface area (Å²) in [7, 11) is -0.739. The van der Waals surface area contributed by atoms with E-state index in [0.29, 0.717) is 155 Å². The number of piperidine rings is 5. The lowest BCUT2D eigenvalue weighted by Gasteiger charge is -2.37. The lowest BCUT2D eigenvalue weighted by atomic mass is 9.94. The molecule has 0 spiro atoms.